The molecule has 2 saturated heterocycles. The number of amides is 1. The van der Waals surface area contributed by atoms with E-state index in [9.17, 15) is 4.79 Å². The predicted octanol–water partition coefficient (Wildman–Crippen LogP) is 3.22. The standard InChI is InChI=1S/C17H32N2O2/c1-5-9-14-11-13-19(16(14)20)18-12-8-10-15(18)17(6-2,7-3)21-4/h14-15H,5-13H2,1-4H3/t14-,15-/m0/s1. The Morgan fingerprint density at radius 3 is 2.48 bits per heavy atom. The first-order valence-corrected chi connectivity index (χ1v) is 8.76. The molecule has 0 radical (unpaired) electrons. The molecule has 4 heteroatoms. The first kappa shape index (κ1) is 16.8. The van der Waals surface area contributed by atoms with Gasteiger partial charge in [0.15, 0.2) is 0 Å². The van der Waals surface area contributed by atoms with Gasteiger partial charge >= 0.3 is 0 Å². The average molecular weight is 296 g/mol. The van der Waals surface area contributed by atoms with E-state index in [1.165, 1.54) is 0 Å². The smallest absolute Gasteiger partial charge is 0.240 e. The molecule has 0 saturated carbocycles. The van der Waals surface area contributed by atoms with Crippen molar-refractivity contribution in [1.29, 1.82) is 0 Å². The lowest BCUT2D eigenvalue weighted by atomic mass is 9.87. The molecule has 0 aromatic rings. The van der Waals surface area contributed by atoms with Gasteiger partial charge in [-0.3, -0.25) is 9.80 Å². The molecule has 2 fully saturated rings. The summed E-state index contributed by atoms with van der Waals surface area (Å²) in [5.41, 5.74) is -0.111. The molecule has 0 aromatic carbocycles. The largest absolute Gasteiger partial charge is 0.377 e. The molecule has 0 bridgehead atoms. The van der Waals surface area contributed by atoms with Gasteiger partial charge < -0.3 is 4.74 Å². The number of carbonyl (C=O) groups excluding carboxylic acids is 1. The number of ether oxygens (including phenoxy) is 1. The number of carbonyl (C=O) groups is 1. The van der Waals surface area contributed by atoms with Crippen molar-refractivity contribution in [3.8, 4) is 0 Å². The molecule has 0 aliphatic carbocycles. The van der Waals surface area contributed by atoms with Gasteiger partial charge in [-0.25, -0.2) is 5.01 Å². The Balaban J connectivity index is 2.14. The normalized spacial score (nSPS) is 27.8. The maximum Gasteiger partial charge on any atom is 0.240 e. The number of nitrogens with zero attached hydrogens (tertiary/aromatic N) is 2. The van der Waals surface area contributed by atoms with E-state index in [4.69, 9.17) is 4.74 Å². The van der Waals surface area contributed by atoms with E-state index in [0.29, 0.717) is 11.9 Å². The highest BCUT2D eigenvalue weighted by Crippen LogP contribution is 2.37. The van der Waals surface area contributed by atoms with Gasteiger partial charge in [-0.1, -0.05) is 27.2 Å². The molecule has 0 N–H and O–H groups in total. The molecule has 21 heavy (non-hydrogen) atoms. The van der Waals surface area contributed by atoms with Gasteiger partial charge in [-0.2, -0.15) is 0 Å². The van der Waals surface area contributed by atoms with E-state index in [0.717, 1.165) is 58.0 Å². The Morgan fingerprint density at radius 1 is 1.19 bits per heavy atom. The fourth-order valence-corrected chi connectivity index (χ4v) is 4.31. The van der Waals surface area contributed by atoms with E-state index < -0.39 is 0 Å². The molecular formula is C17H32N2O2. The molecular weight excluding hydrogens is 264 g/mol. The zero-order valence-electron chi connectivity index (χ0n) is 14.2. The van der Waals surface area contributed by atoms with Crippen molar-refractivity contribution >= 4 is 5.91 Å². The maximum atomic E-state index is 12.7. The molecule has 0 unspecified atom stereocenters. The summed E-state index contributed by atoms with van der Waals surface area (Å²) in [6, 6.07) is 0.349. The summed E-state index contributed by atoms with van der Waals surface area (Å²) in [4.78, 5) is 12.7. The van der Waals surface area contributed by atoms with Gasteiger partial charge in [-0.15, -0.1) is 0 Å². The first-order valence-electron chi connectivity index (χ1n) is 8.76. The van der Waals surface area contributed by atoms with E-state index in [1.54, 1.807) is 0 Å². The van der Waals surface area contributed by atoms with Crippen LogP contribution in [0.2, 0.25) is 0 Å². The fourth-order valence-electron chi connectivity index (χ4n) is 4.31. The van der Waals surface area contributed by atoms with Crippen molar-refractivity contribution in [2.24, 2.45) is 5.92 Å². The van der Waals surface area contributed by atoms with Crippen LogP contribution < -0.4 is 0 Å². The third-order valence-corrected chi connectivity index (χ3v) is 5.68. The zero-order valence-corrected chi connectivity index (χ0v) is 14.2. The Bertz CT molecular complexity index is 346. The summed E-state index contributed by atoms with van der Waals surface area (Å²) in [5, 5.41) is 4.39. The van der Waals surface area contributed by atoms with Crippen molar-refractivity contribution in [3.63, 3.8) is 0 Å². The van der Waals surface area contributed by atoms with Gasteiger partial charge in [0.05, 0.1) is 11.6 Å². The van der Waals surface area contributed by atoms with Crippen molar-refractivity contribution in [2.45, 2.75) is 77.4 Å². The highest BCUT2D eigenvalue weighted by Gasteiger charge is 2.47. The number of methoxy groups -OCH3 is 1. The summed E-state index contributed by atoms with van der Waals surface area (Å²) >= 11 is 0. The fraction of sp³-hybridized carbons (Fsp3) is 0.941. The highest BCUT2D eigenvalue weighted by molar-refractivity contribution is 5.80. The van der Waals surface area contributed by atoms with Crippen LogP contribution in [-0.2, 0) is 9.53 Å². The van der Waals surface area contributed by atoms with Gasteiger partial charge in [-0.05, 0) is 38.5 Å². The summed E-state index contributed by atoms with van der Waals surface area (Å²) in [7, 11) is 1.83. The van der Waals surface area contributed by atoms with Crippen LogP contribution in [0.5, 0.6) is 0 Å². The average Bonchev–Trinajstić information content (AvgIpc) is 3.11. The number of hydrogen-bond donors (Lipinski definition) is 0. The Morgan fingerprint density at radius 2 is 1.90 bits per heavy atom. The van der Waals surface area contributed by atoms with Crippen LogP contribution >= 0.6 is 0 Å². The lowest BCUT2D eigenvalue weighted by Gasteiger charge is -2.44. The van der Waals surface area contributed by atoms with Crippen LogP contribution in [0.15, 0.2) is 0 Å². The number of rotatable bonds is 7. The number of hydrazine groups is 1. The lowest BCUT2D eigenvalue weighted by molar-refractivity contribution is -0.162. The molecule has 4 nitrogen and oxygen atoms in total. The SMILES string of the molecule is CCC[C@H]1CCN(N2CCC[C@H]2C(CC)(CC)OC)C1=O. The van der Waals surface area contributed by atoms with Gasteiger partial charge in [0.25, 0.3) is 0 Å². The van der Waals surface area contributed by atoms with Crippen molar-refractivity contribution in [1.82, 2.24) is 10.0 Å². The lowest BCUT2D eigenvalue weighted by Crippen LogP contribution is -2.56. The number of hydrogen-bond acceptors (Lipinski definition) is 3. The third-order valence-electron chi connectivity index (χ3n) is 5.68. The molecule has 2 aliphatic heterocycles. The molecule has 2 heterocycles. The Kier molecular flexibility index (Phi) is 5.67. The first-order chi connectivity index (χ1) is 10.1. The van der Waals surface area contributed by atoms with Crippen LogP contribution in [0.3, 0.4) is 0 Å². The molecule has 2 aliphatic rings. The van der Waals surface area contributed by atoms with E-state index >= 15 is 0 Å². The van der Waals surface area contributed by atoms with E-state index in [1.807, 2.05) is 7.11 Å². The summed E-state index contributed by atoms with van der Waals surface area (Å²) < 4.78 is 5.94. The second kappa shape index (κ2) is 7.10. The van der Waals surface area contributed by atoms with Crippen molar-refractivity contribution in [2.75, 3.05) is 20.2 Å². The van der Waals surface area contributed by atoms with Crippen LogP contribution in [0.1, 0.15) is 65.7 Å². The monoisotopic (exact) mass is 296 g/mol. The minimum absolute atomic E-state index is 0.111. The second-order valence-electron chi connectivity index (χ2n) is 6.53. The molecule has 2 rings (SSSR count). The summed E-state index contributed by atoms with van der Waals surface area (Å²) in [6.45, 7) is 8.47. The molecule has 0 aromatic heterocycles. The van der Waals surface area contributed by atoms with Crippen LogP contribution in [-0.4, -0.2) is 47.8 Å². The van der Waals surface area contributed by atoms with Crippen molar-refractivity contribution in [3.05, 3.63) is 0 Å². The predicted molar refractivity (Wildman–Crippen MR) is 84.8 cm³/mol. The second-order valence-corrected chi connectivity index (χ2v) is 6.53. The van der Waals surface area contributed by atoms with E-state index in [-0.39, 0.29) is 11.5 Å². The van der Waals surface area contributed by atoms with Gasteiger partial charge in [0, 0.05) is 26.1 Å². The minimum atomic E-state index is -0.111. The van der Waals surface area contributed by atoms with Crippen LogP contribution in [0.4, 0.5) is 0 Å². The van der Waals surface area contributed by atoms with E-state index in [2.05, 4.69) is 30.8 Å². The van der Waals surface area contributed by atoms with Crippen molar-refractivity contribution < 1.29 is 9.53 Å². The summed E-state index contributed by atoms with van der Waals surface area (Å²) in [6.07, 6.45) is 7.46. The zero-order chi connectivity index (χ0) is 15.5. The third kappa shape index (κ3) is 2.98. The topological polar surface area (TPSA) is 32.8 Å². The van der Waals surface area contributed by atoms with Crippen LogP contribution in [0, 0.1) is 5.92 Å². The van der Waals surface area contributed by atoms with Gasteiger partial charge in [0.2, 0.25) is 5.91 Å². The Labute approximate surface area is 129 Å². The molecule has 122 valence electrons. The molecule has 2 atom stereocenters. The van der Waals surface area contributed by atoms with Gasteiger partial charge in [0.1, 0.15) is 0 Å². The molecule has 0 spiro atoms. The van der Waals surface area contributed by atoms with Crippen LogP contribution in [0.25, 0.3) is 0 Å². The Hall–Kier alpha value is -0.610. The summed E-state index contributed by atoms with van der Waals surface area (Å²) in [5.74, 6) is 0.595. The highest BCUT2D eigenvalue weighted by atomic mass is 16.5. The maximum absolute atomic E-state index is 12.7. The molecule has 1 amide bonds. The quantitative estimate of drug-likeness (QED) is 0.723. The minimum Gasteiger partial charge on any atom is -0.377 e.